The van der Waals surface area contributed by atoms with Crippen LogP contribution in [0.4, 0.5) is 0 Å². The summed E-state index contributed by atoms with van der Waals surface area (Å²) in [6.45, 7) is 15.0. The number of rotatable bonds is 10. The molecule has 16 aliphatic rings. The van der Waals surface area contributed by atoms with Crippen LogP contribution in [0, 0.1) is 105 Å². The molecule has 6 fully saturated rings. The number of fused-ring (bicyclic) bond motifs is 10. The highest BCUT2D eigenvalue weighted by atomic mass is 16.5. The SMILES string of the molecule is C=CC1C=CC(OC2CCC(C3(C4CC=CCC4)C4CC(N(C5=CC6C(CC5)C5=C(CC(C7CCC8C(C7)C7CCCC=C7N8C7=CC=CCC7)C=C5)C6(C)C)C5C=CC6=C(C5)C(C)(C)C5CCCCC65)C=CC4C4CCCCC43)CC2)CC1. The molecule has 5 saturated carbocycles. The quantitative estimate of drug-likeness (QED) is 0.203. The first-order chi connectivity index (χ1) is 41.1. The lowest BCUT2D eigenvalue weighted by atomic mass is 9.49. The molecule has 450 valence electrons. The van der Waals surface area contributed by atoms with Gasteiger partial charge in [0, 0.05) is 35.1 Å². The topological polar surface area (TPSA) is 15.7 Å². The van der Waals surface area contributed by atoms with Crippen LogP contribution in [0.5, 0.6) is 0 Å². The zero-order chi connectivity index (χ0) is 56.5. The second-order valence-corrected chi connectivity index (χ2v) is 32.8. The van der Waals surface area contributed by atoms with Gasteiger partial charge in [-0.1, -0.05) is 156 Å². The molecule has 0 N–H and O–H groups in total. The maximum Gasteiger partial charge on any atom is 0.0760 e. The average Bonchev–Trinajstić information content (AvgIpc) is 1.78. The molecule has 0 spiro atoms. The van der Waals surface area contributed by atoms with Crippen LogP contribution in [0.1, 0.15) is 220 Å². The number of nitrogens with zero attached hydrogens (tertiary/aromatic N) is 2. The second kappa shape index (κ2) is 22.2. The van der Waals surface area contributed by atoms with E-state index in [1.807, 2.05) is 11.1 Å². The highest BCUT2D eigenvalue weighted by Crippen LogP contribution is 2.72. The maximum absolute atomic E-state index is 7.07. The first-order valence-electron chi connectivity index (χ1n) is 36.6. The number of ether oxygens (including phenoxy) is 1. The molecule has 0 aromatic carbocycles. The van der Waals surface area contributed by atoms with E-state index in [0.717, 1.165) is 77.6 Å². The molecule has 19 unspecified atom stereocenters. The highest BCUT2D eigenvalue weighted by molar-refractivity contribution is 5.47. The van der Waals surface area contributed by atoms with Crippen molar-refractivity contribution in [3.05, 3.63) is 143 Å². The third-order valence-corrected chi connectivity index (χ3v) is 28.9. The van der Waals surface area contributed by atoms with Crippen molar-refractivity contribution < 1.29 is 4.74 Å². The predicted octanol–water partition coefficient (Wildman–Crippen LogP) is 20.4. The molecule has 1 heterocycles. The van der Waals surface area contributed by atoms with Crippen molar-refractivity contribution in [3.63, 3.8) is 0 Å². The molecule has 15 aliphatic carbocycles. The van der Waals surface area contributed by atoms with Crippen LogP contribution in [-0.4, -0.2) is 40.1 Å². The Bertz CT molecular complexity index is 2890. The largest absolute Gasteiger partial charge is 0.371 e. The van der Waals surface area contributed by atoms with Crippen molar-refractivity contribution in [2.45, 2.75) is 251 Å². The molecule has 0 radical (unpaired) electrons. The zero-order valence-electron chi connectivity index (χ0n) is 53.0. The first-order valence-corrected chi connectivity index (χ1v) is 36.6. The molecule has 0 bridgehead atoms. The van der Waals surface area contributed by atoms with Crippen LogP contribution in [0.15, 0.2) is 143 Å². The van der Waals surface area contributed by atoms with Gasteiger partial charge in [-0.25, -0.2) is 0 Å². The first kappa shape index (κ1) is 55.7. The fraction of sp³-hybridized carbons (Fsp3) is 0.704. The fourth-order valence-corrected chi connectivity index (χ4v) is 25.3. The van der Waals surface area contributed by atoms with Crippen LogP contribution >= 0.6 is 0 Å². The Balaban J connectivity index is 0.707. The minimum absolute atomic E-state index is 0.172. The third-order valence-electron chi connectivity index (χ3n) is 28.9. The Kier molecular flexibility index (Phi) is 14.7. The lowest BCUT2D eigenvalue weighted by Crippen LogP contribution is -2.52. The Hall–Kier alpha value is -3.56. The zero-order valence-corrected chi connectivity index (χ0v) is 53.0. The van der Waals surface area contributed by atoms with Crippen molar-refractivity contribution >= 4 is 0 Å². The smallest absolute Gasteiger partial charge is 0.0760 e. The molecule has 16 rings (SSSR count). The molecule has 19 atom stereocenters. The summed E-state index contributed by atoms with van der Waals surface area (Å²) in [5.41, 5.74) is 13.3. The van der Waals surface area contributed by atoms with E-state index in [4.69, 9.17) is 4.74 Å². The summed E-state index contributed by atoms with van der Waals surface area (Å²) >= 11 is 0. The molecule has 84 heavy (non-hydrogen) atoms. The minimum atomic E-state index is 0.172. The van der Waals surface area contributed by atoms with Gasteiger partial charge in [-0.05, 0) is 283 Å². The van der Waals surface area contributed by atoms with Gasteiger partial charge in [0.15, 0.2) is 0 Å². The van der Waals surface area contributed by atoms with Crippen molar-refractivity contribution in [2.24, 2.45) is 105 Å². The Morgan fingerprint density at radius 2 is 1.43 bits per heavy atom. The van der Waals surface area contributed by atoms with Crippen molar-refractivity contribution in [1.29, 1.82) is 0 Å². The lowest BCUT2D eigenvalue weighted by Gasteiger charge is -2.57. The highest BCUT2D eigenvalue weighted by Gasteiger charge is 2.66. The summed E-state index contributed by atoms with van der Waals surface area (Å²) in [6, 6.07) is 1.61. The normalized spacial score (nSPS) is 45.8. The summed E-state index contributed by atoms with van der Waals surface area (Å²) in [4.78, 5) is 6.14. The summed E-state index contributed by atoms with van der Waals surface area (Å²) in [5.74, 6) is 11.4. The Morgan fingerprint density at radius 1 is 0.607 bits per heavy atom. The fourth-order valence-electron chi connectivity index (χ4n) is 25.3. The van der Waals surface area contributed by atoms with Crippen LogP contribution < -0.4 is 0 Å². The van der Waals surface area contributed by atoms with Gasteiger partial charge in [-0.15, -0.1) is 6.58 Å². The number of hydrogen-bond donors (Lipinski definition) is 0. The maximum atomic E-state index is 7.07. The third kappa shape index (κ3) is 9.01. The van der Waals surface area contributed by atoms with Crippen molar-refractivity contribution in [1.82, 2.24) is 9.80 Å². The van der Waals surface area contributed by atoms with E-state index in [9.17, 15) is 0 Å². The van der Waals surface area contributed by atoms with Gasteiger partial charge in [0.1, 0.15) is 0 Å². The molecule has 3 heteroatoms. The number of likely N-dealkylation sites (tertiary alicyclic amines) is 1. The van der Waals surface area contributed by atoms with Gasteiger partial charge < -0.3 is 14.5 Å². The summed E-state index contributed by atoms with van der Waals surface area (Å²) in [6.07, 6.45) is 83.2. The van der Waals surface area contributed by atoms with Gasteiger partial charge in [0.05, 0.1) is 18.2 Å². The molecule has 3 nitrogen and oxygen atoms in total. The molecular weight excluding hydrogens is 1020 g/mol. The molecule has 1 aliphatic heterocycles. The summed E-state index contributed by atoms with van der Waals surface area (Å²) in [7, 11) is 0. The van der Waals surface area contributed by atoms with Gasteiger partial charge in [-0.3, -0.25) is 0 Å². The van der Waals surface area contributed by atoms with Gasteiger partial charge in [0.2, 0.25) is 0 Å². The van der Waals surface area contributed by atoms with Crippen molar-refractivity contribution in [2.75, 3.05) is 0 Å². The predicted molar refractivity (Wildman–Crippen MR) is 348 cm³/mol. The van der Waals surface area contributed by atoms with Gasteiger partial charge in [-0.2, -0.15) is 0 Å². The number of allylic oxidation sites excluding steroid dienone is 19. The van der Waals surface area contributed by atoms with Gasteiger partial charge in [0.25, 0.3) is 0 Å². The monoisotopic (exact) mass is 1130 g/mol. The van der Waals surface area contributed by atoms with E-state index in [0.29, 0.717) is 58.8 Å². The van der Waals surface area contributed by atoms with E-state index in [1.54, 1.807) is 28.2 Å². The molecule has 0 amide bonds. The lowest BCUT2D eigenvalue weighted by molar-refractivity contribution is -0.0917. The van der Waals surface area contributed by atoms with Crippen molar-refractivity contribution in [3.8, 4) is 0 Å². The van der Waals surface area contributed by atoms with Crippen LogP contribution in [0.25, 0.3) is 0 Å². The summed E-state index contributed by atoms with van der Waals surface area (Å²) < 4.78 is 7.07. The molecule has 0 aromatic heterocycles. The summed E-state index contributed by atoms with van der Waals surface area (Å²) in [5, 5.41) is 0. The molecular formula is C81H110N2O. The average molecular weight is 1130 g/mol. The van der Waals surface area contributed by atoms with Crippen LogP contribution in [0.3, 0.4) is 0 Å². The van der Waals surface area contributed by atoms with E-state index >= 15 is 0 Å². The van der Waals surface area contributed by atoms with E-state index in [1.165, 1.54) is 186 Å². The van der Waals surface area contributed by atoms with E-state index in [2.05, 4.69) is 141 Å². The minimum Gasteiger partial charge on any atom is -0.371 e. The molecule has 1 saturated heterocycles. The second-order valence-electron chi connectivity index (χ2n) is 32.8. The van der Waals surface area contributed by atoms with Crippen LogP contribution in [-0.2, 0) is 4.74 Å². The van der Waals surface area contributed by atoms with E-state index in [-0.39, 0.29) is 5.41 Å². The number of hydrogen-bond acceptors (Lipinski definition) is 3. The van der Waals surface area contributed by atoms with Gasteiger partial charge >= 0.3 is 0 Å². The van der Waals surface area contributed by atoms with E-state index < -0.39 is 0 Å². The Morgan fingerprint density at radius 3 is 2.25 bits per heavy atom. The van der Waals surface area contributed by atoms with Crippen LogP contribution in [0.2, 0.25) is 0 Å². The standard InChI is InChI=1S/C81H110N2O/c1-6-52-29-38-61(39-30-52)84-62-40-33-56(34-41-62)81(55-19-9-7-10-20-55)72-27-17-14-24-64(72)68-45-37-60(51-76(68)81)82(58-35-43-66-63-23-13-16-26-71(63)79(2,3)74(66)49-58)59-36-44-67-65-42-31-54(48-73(65)80(4,5)75(67)50-59)53-32-46-78-70(47-53)69-25-15-18-28-77(69)83(78)57-21-11-8-12-22-57/h6-9,11,21,28-29,31,35,37-38,42-43,45,50,52-56,58,60-64,67-72,75-76,78H,1,10,12-20,22-27,30,32-34,36,39-41,44,46-49,51H2,2-5H3. The Labute approximate surface area is 510 Å². The molecule has 0 aromatic rings.